The molecule has 0 bridgehead atoms. The summed E-state index contributed by atoms with van der Waals surface area (Å²) in [5.74, 6) is 0.949. The summed E-state index contributed by atoms with van der Waals surface area (Å²) in [6, 6.07) is 6.20. The molecule has 0 unspecified atom stereocenters. The largest absolute Gasteiger partial charge is 0.493 e. The van der Waals surface area contributed by atoms with E-state index >= 15 is 0 Å². The van der Waals surface area contributed by atoms with Gasteiger partial charge in [-0.15, -0.1) is 0 Å². The molecular formula is C20H26N2O. The highest BCUT2D eigenvalue weighted by Gasteiger charge is 2.10. The molecule has 3 heteroatoms. The van der Waals surface area contributed by atoms with Crippen LogP contribution in [0.25, 0.3) is 17.0 Å². The second kappa shape index (κ2) is 7.60. The van der Waals surface area contributed by atoms with Gasteiger partial charge in [0, 0.05) is 24.2 Å². The molecule has 122 valence electrons. The Hall–Kier alpha value is -1.87. The molecule has 1 aliphatic rings. The van der Waals surface area contributed by atoms with Crippen molar-refractivity contribution in [3.05, 3.63) is 42.1 Å². The summed E-state index contributed by atoms with van der Waals surface area (Å²) < 4.78 is 6.02. The Balaban J connectivity index is 1.61. The average Bonchev–Trinajstić information content (AvgIpc) is 2.59. The molecule has 1 saturated heterocycles. The number of piperidine rings is 1. The SMILES string of the molecule is C=Cc1ccnc2cc(OCCCN3CCCCC3)c(C)cc12. The molecule has 0 amide bonds. The van der Waals surface area contributed by atoms with E-state index in [1.165, 1.54) is 32.4 Å². The average molecular weight is 310 g/mol. The molecular weight excluding hydrogens is 284 g/mol. The summed E-state index contributed by atoms with van der Waals surface area (Å²) in [6.45, 7) is 10.4. The van der Waals surface area contributed by atoms with Gasteiger partial charge in [0.15, 0.2) is 0 Å². The summed E-state index contributed by atoms with van der Waals surface area (Å²) >= 11 is 0. The number of likely N-dealkylation sites (tertiary alicyclic amines) is 1. The number of ether oxygens (including phenoxy) is 1. The molecule has 3 rings (SSSR count). The van der Waals surface area contributed by atoms with Crippen molar-refractivity contribution in [2.75, 3.05) is 26.2 Å². The predicted octanol–water partition coefficient (Wildman–Crippen LogP) is 4.44. The maximum Gasteiger partial charge on any atom is 0.124 e. The zero-order valence-corrected chi connectivity index (χ0v) is 14.1. The van der Waals surface area contributed by atoms with Crippen LogP contribution in [0, 0.1) is 6.92 Å². The maximum atomic E-state index is 6.02. The van der Waals surface area contributed by atoms with Gasteiger partial charge in [-0.2, -0.15) is 0 Å². The Morgan fingerprint density at radius 1 is 1.26 bits per heavy atom. The van der Waals surface area contributed by atoms with Gasteiger partial charge in [0.05, 0.1) is 12.1 Å². The first-order valence-electron chi connectivity index (χ1n) is 8.65. The second-order valence-electron chi connectivity index (χ2n) is 6.34. The minimum atomic E-state index is 0.768. The number of pyridine rings is 1. The molecule has 23 heavy (non-hydrogen) atoms. The van der Waals surface area contributed by atoms with Crippen LogP contribution in [0.2, 0.25) is 0 Å². The predicted molar refractivity (Wildman–Crippen MR) is 97.0 cm³/mol. The fourth-order valence-electron chi connectivity index (χ4n) is 3.29. The third-order valence-electron chi connectivity index (χ3n) is 4.62. The fraction of sp³-hybridized carbons (Fsp3) is 0.450. The Labute approximate surface area is 139 Å². The highest BCUT2D eigenvalue weighted by Crippen LogP contribution is 2.27. The van der Waals surface area contributed by atoms with Crippen molar-refractivity contribution in [1.82, 2.24) is 9.88 Å². The van der Waals surface area contributed by atoms with E-state index in [9.17, 15) is 0 Å². The van der Waals surface area contributed by atoms with Crippen molar-refractivity contribution >= 4 is 17.0 Å². The lowest BCUT2D eigenvalue weighted by atomic mass is 10.1. The second-order valence-corrected chi connectivity index (χ2v) is 6.34. The van der Waals surface area contributed by atoms with Crippen LogP contribution in [-0.4, -0.2) is 36.1 Å². The quantitative estimate of drug-likeness (QED) is 0.738. The maximum absolute atomic E-state index is 6.02. The number of benzene rings is 1. The van der Waals surface area contributed by atoms with Gasteiger partial charge in [-0.1, -0.05) is 19.1 Å². The first-order valence-corrected chi connectivity index (χ1v) is 8.65. The monoisotopic (exact) mass is 310 g/mol. The van der Waals surface area contributed by atoms with Crippen LogP contribution >= 0.6 is 0 Å². The Morgan fingerprint density at radius 3 is 2.87 bits per heavy atom. The summed E-state index contributed by atoms with van der Waals surface area (Å²) in [6.07, 6.45) is 8.88. The standard InChI is InChI=1S/C20H26N2O/c1-3-17-8-9-21-19-15-20(16(2)14-18(17)19)23-13-7-12-22-10-5-4-6-11-22/h3,8-9,14-15H,1,4-7,10-13H2,2H3. The molecule has 1 aromatic heterocycles. The van der Waals surface area contributed by atoms with E-state index in [0.29, 0.717) is 0 Å². The number of hydrogen-bond donors (Lipinski definition) is 0. The van der Waals surface area contributed by atoms with Crippen molar-refractivity contribution < 1.29 is 4.74 Å². The zero-order valence-electron chi connectivity index (χ0n) is 14.1. The highest BCUT2D eigenvalue weighted by molar-refractivity contribution is 5.89. The van der Waals surface area contributed by atoms with E-state index in [2.05, 4.69) is 35.5 Å². The third-order valence-corrected chi connectivity index (χ3v) is 4.62. The fourth-order valence-corrected chi connectivity index (χ4v) is 3.29. The molecule has 0 spiro atoms. The van der Waals surface area contributed by atoms with E-state index in [1.54, 1.807) is 0 Å². The van der Waals surface area contributed by atoms with Crippen molar-refractivity contribution in [2.45, 2.75) is 32.6 Å². The smallest absolute Gasteiger partial charge is 0.124 e. The number of aromatic nitrogens is 1. The zero-order chi connectivity index (χ0) is 16.1. The summed E-state index contributed by atoms with van der Waals surface area (Å²) in [7, 11) is 0. The van der Waals surface area contributed by atoms with Gasteiger partial charge in [-0.25, -0.2) is 0 Å². The lowest BCUT2D eigenvalue weighted by Crippen LogP contribution is -2.31. The summed E-state index contributed by atoms with van der Waals surface area (Å²) in [4.78, 5) is 7.01. The molecule has 2 aromatic rings. The van der Waals surface area contributed by atoms with Crippen LogP contribution in [0.5, 0.6) is 5.75 Å². The number of rotatable bonds is 6. The van der Waals surface area contributed by atoms with Crippen molar-refractivity contribution in [1.29, 1.82) is 0 Å². The van der Waals surface area contributed by atoms with Gasteiger partial charge in [-0.3, -0.25) is 4.98 Å². The van der Waals surface area contributed by atoms with Crippen molar-refractivity contribution in [2.24, 2.45) is 0 Å². The molecule has 1 aromatic carbocycles. The van der Waals surface area contributed by atoms with E-state index in [1.807, 2.05) is 18.3 Å². The van der Waals surface area contributed by atoms with Crippen LogP contribution in [0.1, 0.15) is 36.8 Å². The third kappa shape index (κ3) is 3.91. The van der Waals surface area contributed by atoms with Gasteiger partial charge < -0.3 is 9.64 Å². The van der Waals surface area contributed by atoms with Crippen LogP contribution in [-0.2, 0) is 0 Å². The lowest BCUT2D eigenvalue weighted by molar-refractivity contribution is 0.204. The normalized spacial score (nSPS) is 15.7. The first kappa shape index (κ1) is 16.0. The van der Waals surface area contributed by atoms with Crippen LogP contribution < -0.4 is 4.74 Å². The number of aryl methyl sites for hydroxylation is 1. The molecule has 0 radical (unpaired) electrons. The number of fused-ring (bicyclic) bond motifs is 1. The molecule has 3 nitrogen and oxygen atoms in total. The van der Waals surface area contributed by atoms with Crippen molar-refractivity contribution in [3.63, 3.8) is 0 Å². The van der Waals surface area contributed by atoms with Crippen LogP contribution in [0.15, 0.2) is 31.0 Å². The van der Waals surface area contributed by atoms with Gasteiger partial charge in [0.1, 0.15) is 5.75 Å². The van der Waals surface area contributed by atoms with Crippen LogP contribution in [0.4, 0.5) is 0 Å². The Morgan fingerprint density at radius 2 is 2.09 bits per heavy atom. The van der Waals surface area contributed by atoms with Gasteiger partial charge >= 0.3 is 0 Å². The molecule has 2 heterocycles. The number of nitrogens with zero attached hydrogens (tertiary/aromatic N) is 2. The lowest BCUT2D eigenvalue weighted by Gasteiger charge is -2.26. The van der Waals surface area contributed by atoms with E-state index in [-0.39, 0.29) is 0 Å². The van der Waals surface area contributed by atoms with E-state index < -0.39 is 0 Å². The molecule has 1 fully saturated rings. The molecule has 0 saturated carbocycles. The van der Waals surface area contributed by atoms with Crippen molar-refractivity contribution in [3.8, 4) is 5.75 Å². The molecule has 0 aliphatic carbocycles. The molecule has 0 atom stereocenters. The highest BCUT2D eigenvalue weighted by atomic mass is 16.5. The topological polar surface area (TPSA) is 25.4 Å². The minimum absolute atomic E-state index is 0.768. The first-order chi connectivity index (χ1) is 11.3. The van der Waals surface area contributed by atoms with Gasteiger partial charge in [-0.05, 0) is 62.5 Å². The summed E-state index contributed by atoms with van der Waals surface area (Å²) in [5.41, 5.74) is 3.25. The number of hydrogen-bond acceptors (Lipinski definition) is 3. The van der Waals surface area contributed by atoms with Gasteiger partial charge in [0.2, 0.25) is 0 Å². The van der Waals surface area contributed by atoms with Gasteiger partial charge in [0.25, 0.3) is 0 Å². The Kier molecular flexibility index (Phi) is 5.29. The van der Waals surface area contributed by atoms with Crippen LogP contribution in [0.3, 0.4) is 0 Å². The summed E-state index contributed by atoms with van der Waals surface area (Å²) in [5, 5.41) is 1.14. The Bertz CT molecular complexity index is 675. The minimum Gasteiger partial charge on any atom is -0.493 e. The van der Waals surface area contributed by atoms with E-state index in [4.69, 9.17) is 4.74 Å². The van der Waals surface area contributed by atoms with E-state index in [0.717, 1.165) is 47.4 Å². The molecule has 1 aliphatic heterocycles. The molecule has 0 N–H and O–H groups in total.